The van der Waals surface area contributed by atoms with Crippen LogP contribution in [0.1, 0.15) is 16.5 Å². The van der Waals surface area contributed by atoms with Crippen molar-refractivity contribution in [1.29, 1.82) is 0 Å². The van der Waals surface area contributed by atoms with Gasteiger partial charge in [-0.1, -0.05) is 42.5 Å². The molecule has 1 fully saturated rings. The van der Waals surface area contributed by atoms with Crippen molar-refractivity contribution < 1.29 is 14.3 Å². The summed E-state index contributed by atoms with van der Waals surface area (Å²) in [5.74, 6) is 1.59. The number of ether oxygens (including phenoxy) is 2. The molecule has 0 bridgehead atoms. The molecule has 146 valence electrons. The molecular formula is C22H23NO3S2. The van der Waals surface area contributed by atoms with Crippen molar-refractivity contribution in [1.82, 2.24) is 4.90 Å². The quantitative estimate of drug-likeness (QED) is 0.616. The summed E-state index contributed by atoms with van der Waals surface area (Å²) in [5.41, 5.74) is 2.40. The van der Waals surface area contributed by atoms with Gasteiger partial charge >= 0.3 is 0 Å². The number of amides is 1. The maximum Gasteiger partial charge on any atom is 0.233 e. The largest absolute Gasteiger partial charge is 0.462 e. The van der Waals surface area contributed by atoms with E-state index in [9.17, 15) is 4.79 Å². The second-order valence-corrected chi connectivity index (χ2v) is 8.77. The lowest BCUT2D eigenvalue weighted by molar-refractivity contribution is -0.128. The minimum atomic E-state index is 0.0459. The number of carbonyl (C=O) groups is 1. The first-order chi connectivity index (χ1) is 13.7. The van der Waals surface area contributed by atoms with Crippen LogP contribution in [0.15, 0.2) is 71.5 Å². The summed E-state index contributed by atoms with van der Waals surface area (Å²) in [6.07, 6.45) is 4.58. The number of rotatable bonds is 7. The molecule has 0 saturated carbocycles. The number of benzene rings is 2. The molecule has 0 N–H and O–H groups in total. The van der Waals surface area contributed by atoms with E-state index in [4.69, 9.17) is 9.47 Å². The zero-order valence-corrected chi connectivity index (χ0v) is 17.4. The molecule has 2 aliphatic rings. The van der Waals surface area contributed by atoms with Crippen molar-refractivity contribution >= 4 is 29.4 Å². The molecule has 28 heavy (non-hydrogen) atoms. The fourth-order valence-corrected chi connectivity index (χ4v) is 5.16. The summed E-state index contributed by atoms with van der Waals surface area (Å²) >= 11 is 3.42. The van der Waals surface area contributed by atoms with Gasteiger partial charge in [0.2, 0.25) is 12.7 Å². The molecule has 2 aromatic rings. The van der Waals surface area contributed by atoms with E-state index in [0.717, 1.165) is 12.2 Å². The van der Waals surface area contributed by atoms with Crippen LogP contribution in [0.25, 0.3) is 0 Å². The van der Waals surface area contributed by atoms with Crippen molar-refractivity contribution in [2.45, 2.75) is 16.7 Å². The molecule has 0 spiro atoms. The van der Waals surface area contributed by atoms with Crippen LogP contribution < -0.4 is 0 Å². The lowest BCUT2D eigenvalue weighted by atomic mass is 9.96. The van der Waals surface area contributed by atoms with E-state index < -0.39 is 0 Å². The van der Waals surface area contributed by atoms with Gasteiger partial charge in [0.25, 0.3) is 0 Å². The van der Waals surface area contributed by atoms with Gasteiger partial charge in [-0.25, -0.2) is 0 Å². The van der Waals surface area contributed by atoms with Gasteiger partial charge in [0.1, 0.15) is 17.4 Å². The van der Waals surface area contributed by atoms with E-state index in [0.29, 0.717) is 12.3 Å². The Labute approximate surface area is 174 Å². The number of carbonyl (C=O) groups excluding carboxylic acids is 1. The first-order valence-corrected chi connectivity index (χ1v) is 11.6. The number of thioether (sulfide) groups is 2. The molecule has 4 nitrogen and oxygen atoms in total. The van der Waals surface area contributed by atoms with E-state index in [-0.39, 0.29) is 24.0 Å². The molecule has 2 aliphatic heterocycles. The molecule has 6 heteroatoms. The van der Waals surface area contributed by atoms with Crippen molar-refractivity contribution in [3.63, 3.8) is 0 Å². The van der Waals surface area contributed by atoms with Gasteiger partial charge in [0.05, 0.1) is 5.75 Å². The van der Waals surface area contributed by atoms with Gasteiger partial charge in [0, 0.05) is 17.4 Å². The number of nitrogens with zero attached hydrogens (tertiary/aromatic N) is 1. The molecule has 0 radical (unpaired) electrons. The number of hydrogen-bond acceptors (Lipinski definition) is 5. The SMILES string of the molecule is CSc1ccc(C2SCC(=O)N2CC(Cc2ccccc2)C2=COCO2)cc1. The normalized spacial score (nSPS) is 19.9. The van der Waals surface area contributed by atoms with Crippen LogP contribution >= 0.6 is 23.5 Å². The van der Waals surface area contributed by atoms with Gasteiger partial charge in [-0.3, -0.25) is 4.79 Å². The molecule has 0 aromatic heterocycles. The zero-order chi connectivity index (χ0) is 19.3. The Balaban J connectivity index is 1.55. The van der Waals surface area contributed by atoms with Crippen LogP contribution in [0, 0.1) is 5.92 Å². The maximum absolute atomic E-state index is 12.7. The Bertz CT molecular complexity index is 839. The van der Waals surface area contributed by atoms with Crippen LogP contribution in [0.4, 0.5) is 0 Å². The van der Waals surface area contributed by atoms with Crippen molar-refractivity contribution in [3.8, 4) is 0 Å². The van der Waals surface area contributed by atoms with Crippen LogP contribution in [-0.4, -0.2) is 36.2 Å². The van der Waals surface area contributed by atoms with Crippen molar-refractivity contribution in [3.05, 3.63) is 77.7 Å². The third-order valence-corrected chi connectivity index (χ3v) is 7.01. The zero-order valence-electron chi connectivity index (χ0n) is 15.7. The Morgan fingerprint density at radius 1 is 1.18 bits per heavy atom. The van der Waals surface area contributed by atoms with E-state index in [2.05, 4.69) is 42.7 Å². The fourth-order valence-electron chi connectivity index (χ4n) is 3.55. The topological polar surface area (TPSA) is 38.8 Å². The summed E-state index contributed by atoms with van der Waals surface area (Å²) in [6, 6.07) is 18.8. The first-order valence-electron chi connectivity index (χ1n) is 9.28. The highest BCUT2D eigenvalue weighted by Gasteiger charge is 2.36. The monoisotopic (exact) mass is 413 g/mol. The van der Waals surface area contributed by atoms with Crippen molar-refractivity contribution in [2.75, 3.05) is 25.3 Å². The minimum absolute atomic E-state index is 0.0459. The maximum atomic E-state index is 12.7. The van der Waals surface area contributed by atoms with Crippen LogP contribution in [0.2, 0.25) is 0 Å². The van der Waals surface area contributed by atoms with E-state index in [1.807, 2.05) is 23.1 Å². The van der Waals surface area contributed by atoms with E-state index >= 15 is 0 Å². The molecule has 2 atom stereocenters. The standard InChI is InChI=1S/C22H23NO3S2/c1-27-19-9-7-17(8-10-19)22-23(21(24)14-28-22)12-18(20-13-25-15-26-20)11-16-5-3-2-4-6-16/h2-10,13,18,22H,11-12,14-15H2,1H3. The van der Waals surface area contributed by atoms with Crippen LogP contribution in [0.5, 0.6) is 0 Å². The molecule has 2 aromatic carbocycles. The summed E-state index contributed by atoms with van der Waals surface area (Å²) in [6.45, 7) is 0.869. The highest BCUT2D eigenvalue weighted by molar-refractivity contribution is 8.00. The predicted octanol–water partition coefficient (Wildman–Crippen LogP) is 4.69. The third-order valence-electron chi connectivity index (χ3n) is 5.01. The molecule has 1 amide bonds. The summed E-state index contributed by atoms with van der Waals surface area (Å²) in [5, 5.41) is 0.0459. The predicted molar refractivity (Wildman–Crippen MR) is 114 cm³/mol. The summed E-state index contributed by atoms with van der Waals surface area (Å²) in [4.78, 5) is 15.9. The Hall–Kier alpha value is -2.05. The van der Waals surface area contributed by atoms with Gasteiger partial charge in [-0.05, 0) is 35.9 Å². The highest BCUT2D eigenvalue weighted by atomic mass is 32.2. The molecular weight excluding hydrogens is 390 g/mol. The molecule has 0 aliphatic carbocycles. The van der Waals surface area contributed by atoms with Gasteiger partial charge in [0.15, 0.2) is 0 Å². The Morgan fingerprint density at radius 3 is 2.64 bits per heavy atom. The summed E-state index contributed by atoms with van der Waals surface area (Å²) < 4.78 is 11.0. The third kappa shape index (κ3) is 4.33. The Morgan fingerprint density at radius 2 is 1.96 bits per heavy atom. The number of hydrogen-bond donors (Lipinski definition) is 0. The first kappa shape index (κ1) is 19.3. The fraction of sp³-hybridized carbons (Fsp3) is 0.318. The van der Waals surface area contributed by atoms with E-state index in [1.165, 1.54) is 16.0 Å². The minimum Gasteiger partial charge on any atom is -0.462 e. The Kier molecular flexibility index (Phi) is 6.17. The molecule has 2 heterocycles. The lowest BCUT2D eigenvalue weighted by Crippen LogP contribution is -2.34. The average Bonchev–Trinajstić information content (AvgIpc) is 3.39. The van der Waals surface area contributed by atoms with Crippen molar-refractivity contribution in [2.24, 2.45) is 5.92 Å². The smallest absolute Gasteiger partial charge is 0.233 e. The molecule has 2 unspecified atom stereocenters. The summed E-state index contributed by atoms with van der Waals surface area (Å²) in [7, 11) is 0. The lowest BCUT2D eigenvalue weighted by Gasteiger charge is -2.29. The van der Waals surface area contributed by atoms with Gasteiger partial charge in [-0.2, -0.15) is 0 Å². The van der Waals surface area contributed by atoms with Gasteiger partial charge in [-0.15, -0.1) is 23.5 Å². The second kappa shape index (κ2) is 8.97. The average molecular weight is 414 g/mol. The van der Waals surface area contributed by atoms with Gasteiger partial charge < -0.3 is 14.4 Å². The second-order valence-electron chi connectivity index (χ2n) is 6.82. The molecule has 4 rings (SSSR count). The van der Waals surface area contributed by atoms with Crippen LogP contribution in [0.3, 0.4) is 0 Å². The molecule has 1 saturated heterocycles. The highest BCUT2D eigenvalue weighted by Crippen LogP contribution is 2.40. The van der Waals surface area contributed by atoms with Crippen LogP contribution in [-0.2, 0) is 20.7 Å². The van der Waals surface area contributed by atoms with E-state index in [1.54, 1.807) is 29.8 Å².